The molecule has 3 aliphatic heterocycles. The molecule has 0 aromatic heterocycles. The summed E-state index contributed by atoms with van der Waals surface area (Å²) in [6.07, 6.45) is 4.27. The van der Waals surface area contributed by atoms with Gasteiger partial charge in [-0.15, -0.1) is 9.48 Å². The number of ether oxygens (including phenoxy) is 1. The summed E-state index contributed by atoms with van der Waals surface area (Å²) in [7, 11) is 0. The van der Waals surface area contributed by atoms with Crippen molar-refractivity contribution in [2.75, 3.05) is 26.3 Å². The molecule has 0 bridgehead atoms. The van der Waals surface area contributed by atoms with Crippen LogP contribution >= 0.6 is 0 Å². The summed E-state index contributed by atoms with van der Waals surface area (Å²) in [5.41, 5.74) is 0.00331. The molecule has 0 aromatic rings. The fraction of sp³-hybridized carbons (Fsp3) is 1.00. The van der Waals surface area contributed by atoms with Crippen LogP contribution in [0.5, 0.6) is 0 Å². The molecule has 0 radical (unpaired) electrons. The Balaban J connectivity index is 1.80. The SMILES string of the molecule is CC1([N+]23CCCCC2O3)COCCN1. The summed E-state index contributed by atoms with van der Waals surface area (Å²) >= 11 is 0. The molecule has 3 rings (SSSR count). The van der Waals surface area contributed by atoms with Gasteiger partial charge in [0.15, 0.2) is 0 Å². The zero-order valence-electron chi connectivity index (χ0n) is 8.79. The molecule has 3 heterocycles. The lowest BCUT2D eigenvalue weighted by atomic mass is 10.0. The zero-order valence-corrected chi connectivity index (χ0v) is 8.79. The van der Waals surface area contributed by atoms with Crippen molar-refractivity contribution in [3.63, 3.8) is 0 Å². The molecule has 3 aliphatic rings. The van der Waals surface area contributed by atoms with Gasteiger partial charge < -0.3 is 4.74 Å². The van der Waals surface area contributed by atoms with Crippen LogP contribution in [0.25, 0.3) is 0 Å². The molecular formula is C10H19N2O2+. The first-order valence-electron chi connectivity index (χ1n) is 5.66. The Labute approximate surface area is 84.7 Å². The highest BCUT2D eigenvalue weighted by atomic mass is 16.9. The largest absolute Gasteiger partial charge is 0.372 e. The van der Waals surface area contributed by atoms with Crippen molar-refractivity contribution >= 4 is 0 Å². The van der Waals surface area contributed by atoms with Crippen LogP contribution in [0.15, 0.2) is 0 Å². The van der Waals surface area contributed by atoms with Crippen molar-refractivity contribution in [1.29, 1.82) is 0 Å². The van der Waals surface area contributed by atoms with Gasteiger partial charge in [0.1, 0.15) is 13.2 Å². The van der Waals surface area contributed by atoms with Gasteiger partial charge in [-0.05, 0) is 12.8 Å². The highest BCUT2D eigenvalue weighted by molar-refractivity contribution is 4.81. The standard InChI is InChI=1S/C10H19N2O2/c1-10(8-13-7-5-11-10)12-6-3-2-4-9(12)14-12/h9,11H,2-8H2,1H3/q+1. The van der Waals surface area contributed by atoms with E-state index in [-0.39, 0.29) is 5.66 Å². The number of morpholine rings is 1. The normalized spacial score (nSPS) is 52.5. The lowest BCUT2D eigenvalue weighted by Gasteiger charge is -2.39. The maximum Gasteiger partial charge on any atom is 0.275 e. The van der Waals surface area contributed by atoms with E-state index in [9.17, 15) is 0 Å². The average Bonchev–Trinajstić information content (AvgIpc) is 2.94. The number of piperidine rings is 1. The number of hydrogen-bond acceptors (Lipinski definition) is 3. The van der Waals surface area contributed by atoms with Gasteiger partial charge in [-0.2, -0.15) is 0 Å². The fourth-order valence-corrected chi connectivity index (χ4v) is 2.95. The second kappa shape index (κ2) is 2.92. The fourth-order valence-electron chi connectivity index (χ4n) is 2.95. The van der Waals surface area contributed by atoms with Gasteiger partial charge in [-0.1, -0.05) is 0 Å². The van der Waals surface area contributed by atoms with Crippen LogP contribution in [0.2, 0.25) is 0 Å². The molecule has 0 aromatic carbocycles. The molecule has 0 amide bonds. The number of nitrogens with zero attached hydrogens (tertiary/aromatic N) is 1. The number of fused-ring (bicyclic) bond motifs is 1. The molecule has 14 heavy (non-hydrogen) atoms. The van der Waals surface area contributed by atoms with E-state index in [1.807, 2.05) is 0 Å². The predicted molar refractivity (Wildman–Crippen MR) is 51.1 cm³/mol. The summed E-state index contributed by atoms with van der Waals surface area (Å²) in [5.74, 6) is 0. The van der Waals surface area contributed by atoms with Crippen LogP contribution < -0.4 is 5.32 Å². The highest BCUT2D eigenvalue weighted by Crippen LogP contribution is 2.48. The third-order valence-electron chi connectivity index (χ3n) is 3.89. The van der Waals surface area contributed by atoms with Crippen molar-refractivity contribution in [1.82, 2.24) is 5.32 Å². The summed E-state index contributed by atoms with van der Waals surface area (Å²) in [5, 5.41) is 3.57. The molecular weight excluding hydrogens is 180 g/mol. The molecule has 0 saturated carbocycles. The van der Waals surface area contributed by atoms with Crippen LogP contribution in [0.3, 0.4) is 0 Å². The molecule has 4 heteroatoms. The second-order valence-corrected chi connectivity index (χ2v) is 4.83. The van der Waals surface area contributed by atoms with Crippen molar-refractivity contribution in [3.05, 3.63) is 0 Å². The van der Waals surface area contributed by atoms with Crippen molar-refractivity contribution in [2.45, 2.75) is 38.1 Å². The number of nitrogens with one attached hydrogen (secondary N) is 1. The Kier molecular flexibility index (Phi) is 1.89. The van der Waals surface area contributed by atoms with Crippen LogP contribution in [0, 0.1) is 0 Å². The molecule has 0 spiro atoms. The van der Waals surface area contributed by atoms with E-state index in [0.29, 0.717) is 6.23 Å². The average molecular weight is 199 g/mol. The Morgan fingerprint density at radius 3 is 3.07 bits per heavy atom. The first-order chi connectivity index (χ1) is 6.77. The van der Waals surface area contributed by atoms with Gasteiger partial charge in [0, 0.05) is 19.9 Å². The Morgan fingerprint density at radius 2 is 2.36 bits per heavy atom. The van der Waals surface area contributed by atoms with Gasteiger partial charge in [-0.25, -0.2) is 0 Å². The van der Waals surface area contributed by atoms with Gasteiger partial charge in [0.05, 0.1) is 6.61 Å². The first-order valence-corrected chi connectivity index (χ1v) is 5.66. The molecule has 3 unspecified atom stereocenters. The van der Waals surface area contributed by atoms with Gasteiger partial charge in [0.25, 0.3) is 6.23 Å². The minimum absolute atomic E-state index is 0.00331. The lowest BCUT2D eigenvalue weighted by Crippen LogP contribution is -2.66. The van der Waals surface area contributed by atoms with Crippen LogP contribution in [-0.4, -0.2) is 42.8 Å². The minimum atomic E-state index is 0.00331. The molecule has 0 aliphatic carbocycles. The zero-order chi connectivity index (χ0) is 9.65. The lowest BCUT2D eigenvalue weighted by molar-refractivity contribution is -0.975. The molecule has 80 valence electrons. The molecule has 3 fully saturated rings. The van der Waals surface area contributed by atoms with Gasteiger partial charge in [0.2, 0.25) is 5.66 Å². The van der Waals surface area contributed by atoms with Crippen molar-refractivity contribution in [2.24, 2.45) is 0 Å². The number of hydrogen-bond donors (Lipinski definition) is 1. The van der Waals surface area contributed by atoms with Crippen LogP contribution in [0.1, 0.15) is 26.2 Å². The third kappa shape index (κ3) is 1.08. The van der Waals surface area contributed by atoms with Crippen LogP contribution in [0.4, 0.5) is 0 Å². The van der Waals surface area contributed by atoms with E-state index in [1.165, 1.54) is 19.3 Å². The second-order valence-electron chi connectivity index (χ2n) is 4.83. The Morgan fingerprint density at radius 1 is 1.43 bits per heavy atom. The number of hydroxylamine groups is 3. The first kappa shape index (κ1) is 9.09. The highest BCUT2D eigenvalue weighted by Gasteiger charge is 2.70. The van der Waals surface area contributed by atoms with E-state index < -0.39 is 0 Å². The van der Waals surface area contributed by atoms with E-state index in [0.717, 1.165) is 30.9 Å². The topological polar surface area (TPSA) is 33.8 Å². The molecule has 3 saturated heterocycles. The maximum atomic E-state index is 5.90. The van der Waals surface area contributed by atoms with Crippen molar-refractivity contribution < 1.29 is 14.2 Å². The summed E-state index contributed by atoms with van der Waals surface area (Å²) in [4.78, 5) is 5.90. The van der Waals surface area contributed by atoms with Gasteiger partial charge in [-0.3, -0.25) is 5.32 Å². The number of rotatable bonds is 1. The maximum absolute atomic E-state index is 5.90. The predicted octanol–water partition coefficient (Wildman–Crippen LogP) is 0.594. The molecule has 3 atom stereocenters. The smallest absolute Gasteiger partial charge is 0.275 e. The monoisotopic (exact) mass is 199 g/mol. The summed E-state index contributed by atoms with van der Waals surface area (Å²) < 4.78 is 6.38. The third-order valence-corrected chi connectivity index (χ3v) is 3.89. The van der Waals surface area contributed by atoms with E-state index in [2.05, 4.69) is 12.2 Å². The van der Waals surface area contributed by atoms with E-state index in [1.54, 1.807) is 0 Å². The van der Waals surface area contributed by atoms with Crippen LogP contribution in [-0.2, 0) is 9.57 Å². The number of quaternary nitrogens is 1. The van der Waals surface area contributed by atoms with E-state index >= 15 is 0 Å². The van der Waals surface area contributed by atoms with E-state index in [4.69, 9.17) is 9.57 Å². The molecule has 4 nitrogen and oxygen atoms in total. The van der Waals surface area contributed by atoms with Crippen molar-refractivity contribution in [3.8, 4) is 0 Å². The molecule has 1 N–H and O–H groups in total. The van der Waals surface area contributed by atoms with Gasteiger partial charge >= 0.3 is 0 Å². The quantitative estimate of drug-likeness (QED) is 0.496. The minimum Gasteiger partial charge on any atom is -0.372 e. The Hall–Kier alpha value is -0.160. The summed E-state index contributed by atoms with van der Waals surface area (Å²) in [6, 6.07) is 0. The summed E-state index contributed by atoms with van der Waals surface area (Å²) in [6.45, 7) is 5.95. The Bertz CT molecular complexity index is 235.